The monoisotopic (exact) mass is 455 g/mol. The Bertz CT molecular complexity index is 835. The van der Waals surface area contributed by atoms with Crippen molar-refractivity contribution in [2.75, 3.05) is 11.9 Å². The van der Waals surface area contributed by atoms with E-state index in [9.17, 15) is 0 Å². The van der Waals surface area contributed by atoms with Gasteiger partial charge in [-0.15, -0.1) is 0 Å². The van der Waals surface area contributed by atoms with Crippen LogP contribution in [0.5, 0.6) is 0 Å². The number of rotatable bonds is 4. The number of anilines is 1. The summed E-state index contributed by atoms with van der Waals surface area (Å²) in [5.74, 6) is 0.912. The summed E-state index contributed by atoms with van der Waals surface area (Å²) >= 11 is 18.2. The van der Waals surface area contributed by atoms with Crippen molar-refractivity contribution in [1.29, 1.82) is 0 Å². The van der Waals surface area contributed by atoms with Crippen molar-refractivity contribution in [2.45, 2.75) is 67.6 Å². The molecule has 0 atom stereocenters. The number of alkyl halides is 3. The summed E-state index contributed by atoms with van der Waals surface area (Å²) in [5, 5.41) is 3.25. The molecule has 1 heterocycles. The van der Waals surface area contributed by atoms with Crippen molar-refractivity contribution in [3.8, 4) is 11.4 Å². The van der Waals surface area contributed by atoms with Crippen molar-refractivity contribution in [1.82, 2.24) is 15.0 Å². The van der Waals surface area contributed by atoms with Gasteiger partial charge in [0.2, 0.25) is 9.74 Å². The summed E-state index contributed by atoms with van der Waals surface area (Å²) in [6, 6.07) is 8.09. The molecule has 0 spiro atoms. The number of aromatic nitrogens is 3. The predicted octanol–water partition coefficient (Wildman–Crippen LogP) is 5.74. The first-order valence-corrected chi connectivity index (χ1v) is 11.1. The van der Waals surface area contributed by atoms with Crippen molar-refractivity contribution in [2.24, 2.45) is 5.73 Å². The zero-order valence-electron chi connectivity index (χ0n) is 17.1. The van der Waals surface area contributed by atoms with Crippen molar-refractivity contribution < 1.29 is 0 Å². The van der Waals surface area contributed by atoms with Gasteiger partial charge >= 0.3 is 0 Å². The Balaban J connectivity index is 1.89. The van der Waals surface area contributed by atoms with Crippen LogP contribution in [0.4, 0.5) is 5.95 Å². The Kier molecular flexibility index (Phi) is 6.64. The van der Waals surface area contributed by atoms with Crippen molar-refractivity contribution >= 4 is 40.8 Å². The van der Waals surface area contributed by atoms with Crippen LogP contribution in [-0.4, -0.2) is 27.0 Å². The van der Waals surface area contributed by atoms with Gasteiger partial charge in [-0.2, -0.15) is 9.97 Å². The average Bonchev–Trinajstić information content (AvgIpc) is 2.66. The SMILES string of the molecule is CC(C)(C)c1ccc(-c2nc(NCC3(N)CCCCC3)nc(C(Cl)(Cl)Cl)n2)cc1. The molecule has 0 amide bonds. The van der Waals surface area contributed by atoms with Crippen LogP contribution in [0.15, 0.2) is 24.3 Å². The minimum absolute atomic E-state index is 0.0581. The number of benzene rings is 1. The van der Waals surface area contributed by atoms with E-state index in [4.69, 9.17) is 40.5 Å². The highest BCUT2D eigenvalue weighted by molar-refractivity contribution is 6.66. The number of nitrogens with one attached hydrogen (secondary N) is 1. The number of hydrogen-bond acceptors (Lipinski definition) is 5. The van der Waals surface area contributed by atoms with E-state index in [1.54, 1.807) is 0 Å². The number of nitrogens with zero attached hydrogens (tertiary/aromatic N) is 3. The van der Waals surface area contributed by atoms with Gasteiger partial charge in [0.05, 0.1) is 0 Å². The lowest BCUT2D eigenvalue weighted by Gasteiger charge is -2.33. The summed E-state index contributed by atoms with van der Waals surface area (Å²) in [4.78, 5) is 13.3. The lowest BCUT2D eigenvalue weighted by atomic mass is 9.82. The summed E-state index contributed by atoms with van der Waals surface area (Å²) in [6.45, 7) is 7.07. The Hall–Kier alpha value is -1.14. The van der Waals surface area contributed by atoms with Gasteiger partial charge in [0.25, 0.3) is 0 Å². The van der Waals surface area contributed by atoms with Gasteiger partial charge in [0.1, 0.15) is 0 Å². The van der Waals surface area contributed by atoms with Crippen LogP contribution in [0, 0.1) is 0 Å². The smallest absolute Gasteiger partial charge is 0.250 e. The minimum Gasteiger partial charge on any atom is -0.352 e. The molecular weight excluding hydrogens is 429 g/mol. The van der Waals surface area contributed by atoms with Gasteiger partial charge in [-0.1, -0.05) is 99.1 Å². The molecule has 3 rings (SSSR count). The molecule has 0 unspecified atom stereocenters. The third-order valence-corrected chi connectivity index (χ3v) is 5.85. The molecule has 1 fully saturated rings. The van der Waals surface area contributed by atoms with E-state index in [1.807, 2.05) is 12.1 Å². The van der Waals surface area contributed by atoms with Gasteiger partial charge in [-0.3, -0.25) is 0 Å². The van der Waals surface area contributed by atoms with Crippen LogP contribution >= 0.6 is 34.8 Å². The summed E-state index contributed by atoms with van der Waals surface area (Å²) in [7, 11) is 0. The number of nitrogens with two attached hydrogens (primary N) is 1. The molecule has 1 aromatic carbocycles. The third-order valence-electron chi connectivity index (χ3n) is 5.35. The number of halogens is 3. The normalized spacial score (nSPS) is 17.2. The van der Waals surface area contributed by atoms with E-state index in [1.165, 1.54) is 12.0 Å². The van der Waals surface area contributed by atoms with Crippen LogP contribution in [0.1, 0.15) is 64.3 Å². The molecule has 1 saturated carbocycles. The molecule has 3 N–H and O–H groups in total. The lowest BCUT2D eigenvalue weighted by molar-refractivity contribution is 0.310. The fourth-order valence-corrected chi connectivity index (χ4v) is 3.77. The maximum absolute atomic E-state index is 6.53. The Morgan fingerprint density at radius 2 is 1.59 bits per heavy atom. The molecule has 5 nitrogen and oxygen atoms in total. The standard InChI is InChI=1S/C21H28Cl3N5/c1-19(2,3)15-9-7-14(8-10-15)16-27-17(21(22,23)24)29-18(28-16)26-13-20(25)11-5-4-6-12-20/h7-10H,4-6,11-13,25H2,1-3H3,(H,26,27,28,29). The zero-order chi connectivity index (χ0) is 21.3. The maximum atomic E-state index is 6.53. The molecule has 0 saturated heterocycles. The molecule has 1 aromatic heterocycles. The van der Waals surface area contributed by atoms with E-state index in [-0.39, 0.29) is 16.8 Å². The van der Waals surface area contributed by atoms with Crippen LogP contribution in [0.25, 0.3) is 11.4 Å². The first kappa shape index (κ1) is 22.5. The Labute approximate surface area is 187 Å². The van der Waals surface area contributed by atoms with E-state index in [0.29, 0.717) is 18.3 Å². The lowest BCUT2D eigenvalue weighted by Crippen LogP contribution is -2.47. The second-order valence-electron chi connectivity index (χ2n) is 8.91. The van der Waals surface area contributed by atoms with Crippen LogP contribution in [-0.2, 0) is 9.21 Å². The summed E-state index contributed by atoms with van der Waals surface area (Å²) in [5.41, 5.74) is 8.37. The highest BCUT2D eigenvalue weighted by Crippen LogP contribution is 2.37. The first-order valence-electron chi connectivity index (χ1n) is 9.93. The molecule has 0 bridgehead atoms. The summed E-state index contributed by atoms with van der Waals surface area (Å²) in [6.07, 6.45) is 5.46. The highest BCUT2D eigenvalue weighted by Gasteiger charge is 2.30. The van der Waals surface area contributed by atoms with Gasteiger partial charge < -0.3 is 11.1 Å². The third kappa shape index (κ3) is 5.94. The topological polar surface area (TPSA) is 76.7 Å². The van der Waals surface area contributed by atoms with Crippen LogP contribution in [0.2, 0.25) is 0 Å². The second-order valence-corrected chi connectivity index (χ2v) is 11.2. The molecule has 158 valence electrons. The second kappa shape index (κ2) is 8.54. The van der Waals surface area contributed by atoms with Crippen molar-refractivity contribution in [3.05, 3.63) is 35.7 Å². The quantitative estimate of drug-likeness (QED) is 0.574. The Morgan fingerprint density at radius 1 is 0.966 bits per heavy atom. The average molecular weight is 457 g/mol. The highest BCUT2D eigenvalue weighted by atomic mass is 35.6. The molecule has 0 aliphatic heterocycles. The molecule has 1 aliphatic rings. The van der Waals surface area contributed by atoms with Crippen LogP contribution < -0.4 is 11.1 Å². The molecule has 1 aliphatic carbocycles. The van der Waals surface area contributed by atoms with E-state index in [2.05, 4.69) is 53.2 Å². The largest absolute Gasteiger partial charge is 0.352 e. The van der Waals surface area contributed by atoms with Gasteiger partial charge in [0, 0.05) is 17.6 Å². The van der Waals surface area contributed by atoms with Gasteiger partial charge in [0.15, 0.2) is 11.6 Å². The minimum atomic E-state index is -1.75. The first-order chi connectivity index (χ1) is 13.5. The summed E-state index contributed by atoms with van der Waals surface area (Å²) < 4.78 is -1.75. The molecule has 8 heteroatoms. The number of hydrogen-bond donors (Lipinski definition) is 2. The van der Waals surface area contributed by atoms with Crippen molar-refractivity contribution in [3.63, 3.8) is 0 Å². The molecule has 2 aromatic rings. The molecule has 29 heavy (non-hydrogen) atoms. The van der Waals surface area contributed by atoms with E-state index >= 15 is 0 Å². The zero-order valence-corrected chi connectivity index (χ0v) is 19.4. The van der Waals surface area contributed by atoms with Crippen LogP contribution in [0.3, 0.4) is 0 Å². The Morgan fingerprint density at radius 3 is 2.14 bits per heavy atom. The van der Waals surface area contributed by atoms with Gasteiger partial charge in [-0.05, 0) is 23.8 Å². The molecular formula is C21H28Cl3N5. The molecule has 0 radical (unpaired) electrons. The van der Waals surface area contributed by atoms with E-state index < -0.39 is 3.79 Å². The fraction of sp³-hybridized carbons (Fsp3) is 0.571. The van der Waals surface area contributed by atoms with Gasteiger partial charge in [-0.25, -0.2) is 4.98 Å². The predicted molar refractivity (Wildman–Crippen MR) is 122 cm³/mol. The fourth-order valence-electron chi connectivity index (χ4n) is 3.52. The van der Waals surface area contributed by atoms with E-state index in [0.717, 1.165) is 31.2 Å². The maximum Gasteiger partial charge on any atom is 0.250 e.